The summed E-state index contributed by atoms with van der Waals surface area (Å²) in [4.78, 5) is 14.4. The van der Waals surface area contributed by atoms with Gasteiger partial charge in [0.2, 0.25) is 5.91 Å². The molecule has 0 bridgehead atoms. The molecular weight excluding hydrogens is 285 g/mol. The van der Waals surface area contributed by atoms with Gasteiger partial charge in [0.05, 0.1) is 6.42 Å². The van der Waals surface area contributed by atoms with Crippen LogP contribution in [0.4, 0.5) is 4.39 Å². The Morgan fingerprint density at radius 3 is 2.57 bits per heavy atom. The van der Waals surface area contributed by atoms with Crippen LogP contribution in [0.2, 0.25) is 0 Å². The molecule has 21 heavy (non-hydrogen) atoms. The van der Waals surface area contributed by atoms with Crippen LogP contribution in [0, 0.1) is 5.82 Å². The fourth-order valence-electron chi connectivity index (χ4n) is 2.50. The maximum atomic E-state index is 13.0. The average Bonchev–Trinajstić information content (AvgIpc) is 2.98. The molecule has 4 heteroatoms. The van der Waals surface area contributed by atoms with E-state index in [-0.39, 0.29) is 17.1 Å². The fraction of sp³-hybridized carbons (Fsp3) is 0.235. The minimum atomic E-state index is -0.246. The smallest absolute Gasteiger partial charge is 0.228 e. The summed E-state index contributed by atoms with van der Waals surface area (Å²) in [7, 11) is 0. The zero-order chi connectivity index (χ0) is 14.7. The highest BCUT2D eigenvalue weighted by atomic mass is 32.2. The van der Waals surface area contributed by atoms with Crippen LogP contribution >= 0.6 is 11.8 Å². The molecule has 1 fully saturated rings. The van der Waals surface area contributed by atoms with E-state index >= 15 is 0 Å². The number of hydrogen-bond acceptors (Lipinski definition) is 2. The lowest BCUT2D eigenvalue weighted by molar-refractivity contribution is -0.130. The zero-order valence-corrected chi connectivity index (χ0v) is 12.4. The Labute approximate surface area is 128 Å². The van der Waals surface area contributed by atoms with E-state index in [9.17, 15) is 9.18 Å². The molecule has 0 N–H and O–H groups in total. The van der Waals surface area contributed by atoms with Gasteiger partial charge in [-0.2, -0.15) is 0 Å². The second kappa shape index (κ2) is 6.31. The molecule has 108 valence electrons. The van der Waals surface area contributed by atoms with Crippen molar-refractivity contribution in [3.05, 3.63) is 71.5 Å². The van der Waals surface area contributed by atoms with Gasteiger partial charge in [-0.05, 0) is 23.3 Å². The van der Waals surface area contributed by atoms with Crippen LogP contribution in [0.25, 0.3) is 0 Å². The Morgan fingerprint density at radius 2 is 1.86 bits per heavy atom. The first kappa shape index (κ1) is 14.1. The maximum Gasteiger partial charge on any atom is 0.228 e. The van der Waals surface area contributed by atoms with Gasteiger partial charge in [-0.1, -0.05) is 42.5 Å². The van der Waals surface area contributed by atoms with Crippen LogP contribution in [0.3, 0.4) is 0 Å². The highest BCUT2D eigenvalue weighted by Crippen LogP contribution is 2.38. The summed E-state index contributed by atoms with van der Waals surface area (Å²) >= 11 is 1.73. The van der Waals surface area contributed by atoms with Gasteiger partial charge >= 0.3 is 0 Å². The van der Waals surface area contributed by atoms with Crippen LogP contribution in [0.1, 0.15) is 16.5 Å². The van der Waals surface area contributed by atoms with Gasteiger partial charge in [0.25, 0.3) is 0 Å². The summed E-state index contributed by atoms with van der Waals surface area (Å²) in [6.07, 6.45) is 0.416. The van der Waals surface area contributed by atoms with Crippen molar-refractivity contribution >= 4 is 17.7 Å². The van der Waals surface area contributed by atoms with Crippen LogP contribution in [-0.4, -0.2) is 23.1 Å². The Morgan fingerprint density at radius 1 is 1.14 bits per heavy atom. The van der Waals surface area contributed by atoms with Gasteiger partial charge in [0, 0.05) is 12.3 Å². The van der Waals surface area contributed by atoms with Gasteiger partial charge in [0.15, 0.2) is 0 Å². The van der Waals surface area contributed by atoms with Gasteiger partial charge in [0.1, 0.15) is 11.2 Å². The van der Waals surface area contributed by atoms with Gasteiger partial charge in [-0.15, -0.1) is 11.8 Å². The van der Waals surface area contributed by atoms with Crippen molar-refractivity contribution in [2.24, 2.45) is 0 Å². The molecular formula is C17H16FNOS. The SMILES string of the molecule is O=C(Cc1ccccc1)N1CCSC1c1ccc(F)cc1. The van der Waals surface area contributed by atoms with Crippen molar-refractivity contribution in [2.45, 2.75) is 11.8 Å². The molecule has 1 atom stereocenters. The lowest BCUT2D eigenvalue weighted by Crippen LogP contribution is -2.31. The molecule has 1 heterocycles. The number of amides is 1. The van der Waals surface area contributed by atoms with Crippen molar-refractivity contribution in [3.63, 3.8) is 0 Å². The molecule has 0 radical (unpaired) electrons. The molecule has 1 amide bonds. The Balaban J connectivity index is 1.74. The second-order valence-corrected chi connectivity index (χ2v) is 6.21. The quantitative estimate of drug-likeness (QED) is 0.862. The molecule has 2 aromatic rings. The van der Waals surface area contributed by atoms with E-state index in [2.05, 4.69) is 0 Å². The third kappa shape index (κ3) is 3.27. The van der Waals surface area contributed by atoms with E-state index < -0.39 is 0 Å². The number of halogens is 1. The van der Waals surface area contributed by atoms with Gasteiger partial charge < -0.3 is 4.90 Å². The molecule has 1 aliphatic rings. The minimum Gasteiger partial charge on any atom is -0.325 e. The number of carbonyl (C=O) groups excluding carboxylic acids is 1. The number of benzene rings is 2. The van der Waals surface area contributed by atoms with Crippen molar-refractivity contribution < 1.29 is 9.18 Å². The third-order valence-corrected chi connectivity index (χ3v) is 4.83. The van der Waals surface area contributed by atoms with E-state index in [0.29, 0.717) is 6.42 Å². The van der Waals surface area contributed by atoms with E-state index in [4.69, 9.17) is 0 Å². The lowest BCUT2D eigenvalue weighted by Gasteiger charge is -2.24. The highest BCUT2D eigenvalue weighted by molar-refractivity contribution is 7.99. The number of rotatable bonds is 3. The number of nitrogens with zero attached hydrogens (tertiary/aromatic N) is 1. The largest absolute Gasteiger partial charge is 0.325 e. The van der Waals surface area contributed by atoms with Crippen LogP contribution in [0.15, 0.2) is 54.6 Å². The van der Waals surface area contributed by atoms with Crippen molar-refractivity contribution in [1.82, 2.24) is 4.90 Å². The average molecular weight is 301 g/mol. The molecule has 1 saturated heterocycles. The molecule has 1 unspecified atom stereocenters. The molecule has 0 aliphatic carbocycles. The van der Waals surface area contributed by atoms with Gasteiger partial charge in [-0.25, -0.2) is 4.39 Å². The Hall–Kier alpha value is -1.81. The standard InChI is InChI=1S/C17H16FNOS/c18-15-8-6-14(7-9-15)17-19(10-11-21-17)16(20)12-13-4-2-1-3-5-13/h1-9,17H,10-12H2. The summed E-state index contributed by atoms with van der Waals surface area (Å²) in [6, 6.07) is 16.2. The molecule has 0 spiro atoms. The molecule has 3 rings (SSSR count). The fourth-order valence-corrected chi connectivity index (χ4v) is 3.78. The summed E-state index contributed by atoms with van der Waals surface area (Å²) in [5.41, 5.74) is 2.01. The first-order chi connectivity index (χ1) is 10.2. The van der Waals surface area contributed by atoms with Crippen LogP contribution in [-0.2, 0) is 11.2 Å². The first-order valence-corrected chi connectivity index (χ1v) is 7.99. The molecule has 2 nitrogen and oxygen atoms in total. The Kier molecular flexibility index (Phi) is 4.25. The van der Waals surface area contributed by atoms with E-state index in [1.165, 1.54) is 12.1 Å². The normalized spacial score (nSPS) is 18.0. The Bertz CT molecular complexity index is 614. The lowest BCUT2D eigenvalue weighted by atomic mass is 10.1. The van der Waals surface area contributed by atoms with Crippen LogP contribution in [0.5, 0.6) is 0 Å². The molecule has 0 saturated carbocycles. The van der Waals surface area contributed by atoms with Crippen molar-refractivity contribution in [3.8, 4) is 0 Å². The summed E-state index contributed by atoms with van der Waals surface area (Å²) < 4.78 is 13.0. The minimum absolute atomic E-state index is 0.00168. The zero-order valence-electron chi connectivity index (χ0n) is 11.5. The molecule has 2 aromatic carbocycles. The summed E-state index contributed by atoms with van der Waals surface area (Å²) in [5, 5.41) is 0.00168. The van der Waals surface area contributed by atoms with Crippen molar-refractivity contribution in [1.29, 1.82) is 0 Å². The number of carbonyl (C=O) groups is 1. The van der Waals surface area contributed by atoms with Crippen LogP contribution < -0.4 is 0 Å². The van der Waals surface area contributed by atoms with E-state index in [1.54, 1.807) is 23.9 Å². The van der Waals surface area contributed by atoms with Crippen molar-refractivity contribution in [2.75, 3.05) is 12.3 Å². The van der Waals surface area contributed by atoms with E-state index in [0.717, 1.165) is 23.4 Å². The molecule has 0 aromatic heterocycles. The second-order valence-electron chi connectivity index (χ2n) is 5.02. The van der Waals surface area contributed by atoms with E-state index in [1.807, 2.05) is 35.2 Å². The number of thioether (sulfide) groups is 1. The monoisotopic (exact) mass is 301 g/mol. The highest BCUT2D eigenvalue weighted by Gasteiger charge is 2.30. The first-order valence-electron chi connectivity index (χ1n) is 6.94. The molecule has 1 aliphatic heterocycles. The summed E-state index contributed by atoms with van der Waals surface area (Å²) in [6.45, 7) is 0.748. The third-order valence-electron chi connectivity index (χ3n) is 3.56. The maximum absolute atomic E-state index is 13.0. The predicted molar refractivity (Wildman–Crippen MR) is 83.5 cm³/mol. The summed E-state index contributed by atoms with van der Waals surface area (Å²) in [5.74, 6) is 0.798. The topological polar surface area (TPSA) is 20.3 Å². The van der Waals surface area contributed by atoms with Gasteiger partial charge in [-0.3, -0.25) is 4.79 Å². The number of hydrogen-bond donors (Lipinski definition) is 0. The predicted octanol–water partition coefficient (Wildman–Crippen LogP) is 3.64.